The molecule has 1 unspecified atom stereocenters. The Morgan fingerprint density at radius 1 is 1.15 bits per heavy atom. The second-order valence-corrected chi connectivity index (χ2v) is 6.00. The zero-order valence-electron chi connectivity index (χ0n) is 15.4. The number of benzene rings is 2. The number of para-hydroxylation sites is 1. The highest BCUT2D eigenvalue weighted by molar-refractivity contribution is 5.44. The number of aliphatic hydroxyl groups is 1. The predicted octanol–water partition coefficient (Wildman–Crippen LogP) is 2.32. The van der Waals surface area contributed by atoms with Crippen LogP contribution in [0.1, 0.15) is 19.4 Å². The van der Waals surface area contributed by atoms with Gasteiger partial charge < -0.3 is 19.9 Å². The van der Waals surface area contributed by atoms with Crippen LogP contribution in [0.4, 0.5) is 0 Å². The van der Waals surface area contributed by atoms with Crippen LogP contribution in [-0.4, -0.2) is 44.6 Å². The smallest absolute Gasteiger partial charge is 0.346 e. The molecule has 0 fully saturated rings. The zero-order chi connectivity index (χ0) is 19.1. The highest BCUT2D eigenvalue weighted by atomic mass is 16.5. The van der Waals surface area contributed by atoms with Gasteiger partial charge in [0.1, 0.15) is 0 Å². The molecule has 0 aliphatic carbocycles. The lowest BCUT2D eigenvalue weighted by Crippen LogP contribution is -2.23. The third kappa shape index (κ3) is 5.02. The van der Waals surface area contributed by atoms with Gasteiger partial charge in [-0.3, -0.25) is 0 Å². The second-order valence-electron chi connectivity index (χ2n) is 6.00. The fourth-order valence-corrected chi connectivity index (χ4v) is 2.51. The maximum atomic E-state index is 9.35. The Balaban J connectivity index is 1.80. The summed E-state index contributed by atoms with van der Waals surface area (Å²) in [6, 6.07) is 15.4. The Bertz CT molecular complexity index is 852. The van der Waals surface area contributed by atoms with E-state index in [0.29, 0.717) is 31.2 Å². The average molecular weight is 369 g/mol. The van der Waals surface area contributed by atoms with Crippen LogP contribution < -0.4 is 14.8 Å². The Kier molecular flexibility index (Phi) is 6.35. The van der Waals surface area contributed by atoms with Gasteiger partial charge in [-0.25, -0.2) is 0 Å². The normalized spacial score (nSPS) is 12.0. The molecule has 8 heteroatoms. The number of nitrogens with one attached hydrogen (secondary N) is 1. The number of aliphatic hydroxyl groups excluding tert-OH is 1. The van der Waals surface area contributed by atoms with Crippen LogP contribution in [0, 0.1) is 0 Å². The first kappa shape index (κ1) is 18.8. The van der Waals surface area contributed by atoms with Crippen molar-refractivity contribution < 1.29 is 14.6 Å². The van der Waals surface area contributed by atoms with Crippen LogP contribution in [0.15, 0.2) is 48.5 Å². The molecule has 0 aliphatic rings. The molecular formula is C19H23N5O3. The van der Waals surface area contributed by atoms with Crippen LogP contribution in [0.2, 0.25) is 0 Å². The van der Waals surface area contributed by atoms with Crippen molar-refractivity contribution in [2.24, 2.45) is 0 Å². The molecule has 3 aromatic rings. The van der Waals surface area contributed by atoms with Gasteiger partial charge in [0.05, 0.1) is 18.4 Å². The summed E-state index contributed by atoms with van der Waals surface area (Å²) in [5.41, 5.74) is 1.82. The van der Waals surface area contributed by atoms with Gasteiger partial charge in [0.15, 0.2) is 11.5 Å². The summed E-state index contributed by atoms with van der Waals surface area (Å²) in [7, 11) is 0. The summed E-state index contributed by atoms with van der Waals surface area (Å²) in [6.45, 7) is 5.30. The maximum absolute atomic E-state index is 9.35. The van der Waals surface area contributed by atoms with E-state index in [9.17, 15) is 5.11 Å². The van der Waals surface area contributed by atoms with Gasteiger partial charge in [0.2, 0.25) is 0 Å². The average Bonchev–Trinajstić information content (AvgIpc) is 3.12. The summed E-state index contributed by atoms with van der Waals surface area (Å²) in [6.07, 6.45) is -0.393. The summed E-state index contributed by atoms with van der Waals surface area (Å²) < 4.78 is 13.2. The summed E-state index contributed by atoms with van der Waals surface area (Å²) >= 11 is 0. The van der Waals surface area contributed by atoms with Gasteiger partial charge in [-0.2, -0.15) is 4.68 Å². The molecule has 8 nitrogen and oxygen atoms in total. The topological polar surface area (TPSA) is 94.3 Å². The number of tetrazole rings is 1. The van der Waals surface area contributed by atoms with Crippen LogP contribution in [-0.2, 0) is 6.54 Å². The lowest BCUT2D eigenvalue weighted by Gasteiger charge is -2.13. The fourth-order valence-electron chi connectivity index (χ4n) is 2.51. The summed E-state index contributed by atoms with van der Waals surface area (Å²) in [4.78, 5) is 0. The zero-order valence-corrected chi connectivity index (χ0v) is 15.4. The molecule has 0 aliphatic heterocycles. The molecule has 0 saturated heterocycles. The monoisotopic (exact) mass is 369 g/mol. The molecule has 1 aromatic heterocycles. The first-order valence-corrected chi connectivity index (χ1v) is 8.83. The molecule has 1 heterocycles. The van der Waals surface area contributed by atoms with Crippen LogP contribution in [0.3, 0.4) is 0 Å². The first-order valence-electron chi connectivity index (χ1n) is 8.83. The summed E-state index contributed by atoms with van der Waals surface area (Å²) in [5, 5.41) is 24.2. The molecule has 0 spiro atoms. The molecule has 0 saturated carbocycles. The van der Waals surface area contributed by atoms with Crippen LogP contribution in [0.5, 0.6) is 17.5 Å². The minimum atomic E-state index is -0.393. The van der Waals surface area contributed by atoms with Crippen molar-refractivity contribution in [3.05, 3.63) is 54.1 Å². The minimum absolute atomic E-state index is 0.252. The Morgan fingerprint density at radius 3 is 2.70 bits per heavy atom. The highest BCUT2D eigenvalue weighted by Gasteiger charge is 2.14. The molecule has 0 bridgehead atoms. The van der Waals surface area contributed by atoms with E-state index in [0.717, 1.165) is 11.3 Å². The molecule has 27 heavy (non-hydrogen) atoms. The van der Waals surface area contributed by atoms with Crippen molar-refractivity contribution in [1.82, 2.24) is 25.5 Å². The van der Waals surface area contributed by atoms with E-state index in [2.05, 4.69) is 20.8 Å². The molecule has 1 atom stereocenters. The van der Waals surface area contributed by atoms with E-state index in [1.165, 1.54) is 4.68 Å². The van der Waals surface area contributed by atoms with Gasteiger partial charge in [0.25, 0.3) is 0 Å². The third-order valence-corrected chi connectivity index (χ3v) is 3.72. The number of aromatic nitrogens is 4. The van der Waals surface area contributed by atoms with Gasteiger partial charge in [-0.1, -0.05) is 29.4 Å². The van der Waals surface area contributed by atoms with E-state index in [4.69, 9.17) is 9.47 Å². The van der Waals surface area contributed by atoms with Crippen LogP contribution in [0.25, 0.3) is 5.69 Å². The standard InChI is InChI=1S/C19H23N5O3/c1-3-26-18-11-15(13-20-12-14(2)25)9-10-17(18)27-19-21-22-23-24(19)16-7-5-4-6-8-16/h4-11,14,20,25H,3,12-13H2,1-2H3. The van der Waals surface area contributed by atoms with E-state index in [-0.39, 0.29) is 6.01 Å². The number of hydrogen-bond donors (Lipinski definition) is 2. The van der Waals surface area contributed by atoms with Gasteiger partial charge >= 0.3 is 6.01 Å². The number of rotatable bonds is 9. The quantitative estimate of drug-likeness (QED) is 0.598. The van der Waals surface area contributed by atoms with Crippen molar-refractivity contribution >= 4 is 0 Å². The molecule has 3 rings (SSSR count). The van der Waals surface area contributed by atoms with Gasteiger partial charge in [-0.15, -0.1) is 0 Å². The van der Waals surface area contributed by atoms with Crippen molar-refractivity contribution in [1.29, 1.82) is 0 Å². The predicted molar refractivity (Wildman–Crippen MR) is 100 cm³/mol. The van der Waals surface area contributed by atoms with Crippen molar-refractivity contribution in [2.45, 2.75) is 26.5 Å². The number of ether oxygens (including phenoxy) is 2. The molecule has 0 radical (unpaired) electrons. The largest absolute Gasteiger partial charge is 0.490 e. The molecule has 2 aromatic carbocycles. The van der Waals surface area contributed by atoms with Crippen LogP contribution >= 0.6 is 0 Å². The van der Waals surface area contributed by atoms with E-state index < -0.39 is 6.10 Å². The van der Waals surface area contributed by atoms with E-state index in [1.54, 1.807) is 6.92 Å². The minimum Gasteiger partial charge on any atom is -0.490 e. The molecule has 0 amide bonds. The molecular weight excluding hydrogens is 346 g/mol. The highest BCUT2D eigenvalue weighted by Crippen LogP contribution is 2.32. The number of hydrogen-bond acceptors (Lipinski definition) is 7. The number of nitrogens with zero attached hydrogens (tertiary/aromatic N) is 4. The molecule has 2 N–H and O–H groups in total. The maximum Gasteiger partial charge on any atom is 0.346 e. The SMILES string of the molecule is CCOc1cc(CNCC(C)O)ccc1Oc1nnnn1-c1ccccc1. The third-order valence-electron chi connectivity index (χ3n) is 3.72. The van der Waals surface area contributed by atoms with E-state index in [1.807, 2.05) is 55.5 Å². The molecule has 142 valence electrons. The summed E-state index contributed by atoms with van der Waals surface area (Å²) in [5.74, 6) is 1.14. The van der Waals surface area contributed by atoms with Gasteiger partial charge in [0, 0.05) is 13.1 Å². The van der Waals surface area contributed by atoms with Crippen molar-refractivity contribution in [2.75, 3.05) is 13.2 Å². The Morgan fingerprint density at radius 2 is 1.96 bits per heavy atom. The van der Waals surface area contributed by atoms with Crippen molar-refractivity contribution in [3.63, 3.8) is 0 Å². The van der Waals surface area contributed by atoms with Gasteiger partial charge in [-0.05, 0) is 54.1 Å². The fraction of sp³-hybridized carbons (Fsp3) is 0.316. The first-order chi connectivity index (χ1) is 13.2. The van der Waals surface area contributed by atoms with Crippen molar-refractivity contribution in [3.8, 4) is 23.2 Å². The lowest BCUT2D eigenvalue weighted by atomic mass is 10.2. The van der Waals surface area contributed by atoms with E-state index >= 15 is 0 Å². The Hall–Kier alpha value is -2.97. The Labute approximate surface area is 157 Å². The lowest BCUT2D eigenvalue weighted by molar-refractivity contribution is 0.191. The second kappa shape index (κ2) is 9.11.